The van der Waals surface area contributed by atoms with Crippen molar-refractivity contribution in [1.29, 1.82) is 0 Å². The van der Waals surface area contributed by atoms with E-state index in [-0.39, 0.29) is 11.5 Å². The Labute approximate surface area is 145 Å². The smallest absolute Gasteiger partial charge is 0.260 e. The maximum absolute atomic E-state index is 13.8. The van der Waals surface area contributed by atoms with Crippen LogP contribution in [0.1, 0.15) is 10.4 Å². The van der Waals surface area contributed by atoms with Gasteiger partial charge in [0, 0.05) is 5.69 Å². The molecule has 0 aliphatic heterocycles. The maximum atomic E-state index is 13.8. The zero-order valence-corrected chi connectivity index (χ0v) is 13.3. The normalized spacial score (nSPS) is 11.0. The number of anilines is 1. The number of benzene rings is 3. The fourth-order valence-electron chi connectivity index (χ4n) is 2.20. The topological polar surface area (TPSA) is 53.5 Å². The summed E-state index contributed by atoms with van der Waals surface area (Å²) >= 11 is 0. The molecule has 0 radical (unpaired) electrons. The molecule has 0 atom stereocenters. The van der Waals surface area contributed by atoms with Crippen molar-refractivity contribution in [3.8, 4) is 0 Å². The Balaban J connectivity index is 1.87. The minimum absolute atomic E-state index is 0.0434. The van der Waals surface area contributed by atoms with Gasteiger partial charge in [0.2, 0.25) is 5.96 Å². The van der Waals surface area contributed by atoms with Crippen molar-refractivity contribution in [2.75, 3.05) is 5.32 Å². The lowest BCUT2D eigenvalue weighted by Gasteiger charge is -2.12. The Bertz CT molecular complexity index is 880. The average Bonchev–Trinajstić information content (AvgIpc) is 2.63. The molecule has 0 saturated carbocycles. The fraction of sp³-hybridized carbons (Fsp3) is 0. The first-order valence-corrected chi connectivity index (χ1v) is 7.74. The summed E-state index contributed by atoms with van der Waals surface area (Å²) in [6, 6.07) is 24.3. The van der Waals surface area contributed by atoms with Crippen molar-refractivity contribution >= 4 is 23.2 Å². The summed E-state index contributed by atoms with van der Waals surface area (Å²) in [5.74, 6) is -0.944. The number of guanidine groups is 1. The molecule has 0 fully saturated rings. The molecule has 0 heterocycles. The molecule has 3 aromatic carbocycles. The third-order valence-corrected chi connectivity index (χ3v) is 3.38. The second-order valence-corrected chi connectivity index (χ2v) is 5.22. The largest absolute Gasteiger partial charge is 0.326 e. The lowest BCUT2D eigenvalue weighted by atomic mass is 10.2. The van der Waals surface area contributed by atoms with Crippen molar-refractivity contribution in [2.45, 2.75) is 0 Å². The van der Waals surface area contributed by atoms with Crippen LogP contribution in [-0.2, 0) is 0 Å². The average molecular weight is 333 g/mol. The molecule has 0 aromatic heterocycles. The number of carbonyl (C=O) groups excluding carboxylic acids is 1. The maximum Gasteiger partial charge on any atom is 0.260 e. The number of hydrogen-bond acceptors (Lipinski definition) is 2. The van der Waals surface area contributed by atoms with Gasteiger partial charge in [0.25, 0.3) is 5.91 Å². The first-order chi connectivity index (χ1) is 12.2. The molecule has 0 aliphatic carbocycles. The summed E-state index contributed by atoms with van der Waals surface area (Å²) in [6.07, 6.45) is 0. The van der Waals surface area contributed by atoms with Crippen LogP contribution in [-0.4, -0.2) is 11.9 Å². The second-order valence-electron chi connectivity index (χ2n) is 5.22. The van der Waals surface area contributed by atoms with Gasteiger partial charge in [-0.25, -0.2) is 9.38 Å². The van der Waals surface area contributed by atoms with E-state index in [0.29, 0.717) is 5.69 Å². The molecule has 3 rings (SSSR count). The molecule has 4 nitrogen and oxygen atoms in total. The molecule has 1 amide bonds. The molecule has 25 heavy (non-hydrogen) atoms. The molecule has 0 saturated heterocycles. The number of amides is 1. The molecule has 0 spiro atoms. The number of nitrogens with one attached hydrogen (secondary N) is 2. The quantitative estimate of drug-likeness (QED) is 0.553. The minimum Gasteiger partial charge on any atom is -0.326 e. The summed E-state index contributed by atoms with van der Waals surface area (Å²) in [4.78, 5) is 16.8. The van der Waals surface area contributed by atoms with Gasteiger partial charge >= 0.3 is 0 Å². The Morgan fingerprint density at radius 1 is 0.800 bits per heavy atom. The highest BCUT2D eigenvalue weighted by Gasteiger charge is 2.13. The second kappa shape index (κ2) is 7.88. The van der Waals surface area contributed by atoms with Crippen LogP contribution in [0.25, 0.3) is 0 Å². The summed E-state index contributed by atoms with van der Waals surface area (Å²) < 4.78 is 13.8. The molecule has 2 N–H and O–H groups in total. The molecule has 5 heteroatoms. The predicted molar refractivity (Wildman–Crippen MR) is 97.5 cm³/mol. The van der Waals surface area contributed by atoms with E-state index >= 15 is 0 Å². The molecule has 0 bridgehead atoms. The van der Waals surface area contributed by atoms with Gasteiger partial charge in [-0.05, 0) is 36.4 Å². The van der Waals surface area contributed by atoms with Crippen LogP contribution in [0.15, 0.2) is 89.9 Å². The van der Waals surface area contributed by atoms with Crippen molar-refractivity contribution in [3.63, 3.8) is 0 Å². The lowest BCUT2D eigenvalue weighted by Crippen LogP contribution is -2.36. The Hall–Kier alpha value is -3.47. The Morgan fingerprint density at radius 3 is 2.08 bits per heavy atom. The van der Waals surface area contributed by atoms with Crippen LogP contribution < -0.4 is 10.6 Å². The monoisotopic (exact) mass is 333 g/mol. The standard InChI is InChI=1S/C20H16FN3O/c21-18-14-8-7-13-17(18)19(25)24-20(22-15-9-3-1-4-10-15)23-16-11-5-2-6-12-16/h1-14H,(H2,22,23,24,25). The molecule has 0 unspecified atom stereocenters. The molecule has 0 aliphatic rings. The van der Waals surface area contributed by atoms with Gasteiger partial charge in [-0.2, -0.15) is 0 Å². The number of nitrogens with zero attached hydrogens (tertiary/aromatic N) is 1. The van der Waals surface area contributed by atoms with E-state index < -0.39 is 11.7 Å². The summed E-state index contributed by atoms with van der Waals surface area (Å²) in [5, 5.41) is 5.67. The third kappa shape index (κ3) is 4.51. The van der Waals surface area contributed by atoms with Gasteiger partial charge in [0.1, 0.15) is 5.82 Å². The van der Waals surface area contributed by atoms with Crippen molar-refractivity contribution < 1.29 is 9.18 Å². The van der Waals surface area contributed by atoms with E-state index in [0.717, 1.165) is 5.69 Å². The summed E-state index contributed by atoms with van der Waals surface area (Å²) in [7, 11) is 0. The van der Waals surface area contributed by atoms with Gasteiger partial charge in [-0.15, -0.1) is 0 Å². The predicted octanol–water partition coefficient (Wildman–Crippen LogP) is 4.36. The highest BCUT2D eigenvalue weighted by molar-refractivity contribution is 6.10. The van der Waals surface area contributed by atoms with Crippen LogP contribution in [0.5, 0.6) is 0 Å². The Morgan fingerprint density at radius 2 is 1.40 bits per heavy atom. The van der Waals surface area contributed by atoms with Gasteiger partial charge in [0.15, 0.2) is 0 Å². The fourth-order valence-corrected chi connectivity index (χ4v) is 2.20. The highest BCUT2D eigenvalue weighted by atomic mass is 19.1. The molecular formula is C20H16FN3O. The zero-order valence-electron chi connectivity index (χ0n) is 13.3. The number of halogens is 1. The van der Waals surface area contributed by atoms with E-state index in [1.165, 1.54) is 18.2 Å². The van der Waals surface area contributed by atoms with E-state index in [2.05, 4.69) is 15.6 Å². The van der Waals surface area contributed by atoms with Crippen LogP contribution in [0, 0.1) is 5.82 Å². The first-order valence-electron chi connectivity index (χ1n) is 7.74. The van der Waals surface area contributed by atoms with Crippen molar-refractivity contribution in [1.82, 2.24) is 5.32 Å². The minimum atomic E-state index is -0.584. The molecule has 3 aromatic rings. The van der Waals surface area contributed by atoms with Crippen LogP contribution in [0.3, 0.4) is 0 Å². The summed E-state index contributed by atoms with van der Waals surface area (Å²) in [5.41, 5.74) is 1.37. The highest BCUT2D eigenvalue weighted by Crippen LogP contribution is 2.12. The first kappa shape index (κ1) is 16.4. The number of aliphatic imine (C=N–C) groups is 1. The van der Waals surface area contributed by atoms with Crippen molar-refractivity contribution in [2.24, 2.45) is 4.99 Å². The van der Waals surface area contributed by atoms with E-state index in [1.54, 1.807) is 6.07 Å². The SMILES string of the molecule is O=C(NC(=Nc1ccccc1)Nc1ccccc1)c1ccccc1F. The van der Waals surface area contributed by atoms with E-state index in [4.69, 9.17) is 0 Å². The number of rotatable bonds is 3. The van der Waals surface area contributed by atoms with E-state index in [1.807, 2.05) is 60.7 Å². The van der Waals surface area contributed by atoms with E-state index in [9.17, 15) is 9.18 Å². The summed E-state index contributed by atoms with van der Waals surface area (Å²) in [6.45, 7) is 0. The molecule has 124 valence electrons. The van der Waals surface area contributed by atoms with Gasteiger partial charge in [-0.1, -0.05) is 48.5 Å². The van der Waals surface area contributed by atoms with Crippen LogP contribution in [0.4, 0.5) is 15.8 Å². The number of para-hydroxylation sites is 2. The van der Waals surface area contributed by atoms with Crippen LogP contribution >= 0.6 is 0 Å². The zero-order chi connectivity index (χ0) is 17.5. The third-order valence-electron chi connectivity index (χ3n) is 3.38. The van der Waals surface area contributed by atoms with Gasteiger partial charge in [-0.3, -0.25) is 10.1 Å². The van der Waals surface area contributed by atoms with Crippen molar-refractivity contribution in [3.05, 3.63) is 96.3 Å². The number of carbonyl (C=O) groups is 1. The number of hydrogen-bond donors (Lipinski definition) is 2. The van der Waals surface area contributed by atoms with Gasteiger partial charge < -0.3 is 5.32 Å². The van der Waals surface area contributed by atoms with Gasteiger partial charge in [0.05, 0.1) is 11.3 Å². The molecular weight excluding hydrogens is 317 g/mol. The lowest BCUT2D eigenvalue weighted by molar-refractivity contribution is 0.0973. The van der Waals surface area contributed by atoms with Crippen LogP contribution in [0.2, 0.25) is 0 Å². The Kier molecular flexibility index (Phi) is 5.16.